The lowest BCUT2D eigenvalue weighted by Gasteiger charge is -2.10. The summed E-state index contributed by atoms with van der Waals surface area (Å²) in [5.74, 6) is 1.54. The quantitative estimate of drug-likeness (QED) is 0.826. The molecular weight excluding hydrogens is 278 g/mol. The number of rotatable bonds is 7. The second-order valence-corrected chi connectivity index (χ2v) is 5.51. The van der Waals surface area contributed by atoms with E-state index in [0.717, 1.165) is 29.1 Å². The van der Waals surface area contributed by atoms with Crippen molar-refractivity contribution in [2.75, 3.05) is 6.54 Å². The number of furan rings is 1. The minimum Gasteiger partial charge on any atom is -0.466 e. The third-order valence-corrected chi connectivity index (χ3v) is 3.66. The van der Waals surface area contributed by atoms with Gasteiger partial charge in [-0.2, -0.15) is 0 Å². The van der Waals surface area contributed by atoms with Gasteiger partial charge in [-0.1, -0.05) is 30.3 Å². The highest BCUT2D eigenvalue weighted by molar-refractivity contribution is 5.76. The predicted molar refractivity (Wildman–Crippen MR) is 85.5 cm³/mol. The maximum atomic E-state index is 11.8. The van der Waals surface area contributed by atoms with Crippen LogP contribution in [0.1, 0.15) is 41.6 Å². The fourth-order valence-electron chi connectivity index (χ4n) is 2.48. The second kappa shape index (κ2) is 7.80. The standard InChI is InChI=1S/C18H23NO3/c1-13-12-16(14(2)22-13)17(20)10-11-19-18(21)9-8-15-6-4-3-5-7-15/h3-7,12,17,20H,8-11H2,1-2H3,(H,19,21). The molecule has 0 saturated heterocycles. The van der Waals surface area contributed by atoms with Crippen LogP contribution in [-0.4, -0.2) is 17.6 Å². The normalized spacial score (nSPS) is 12.1. The maximum Gasteiger partial charge on any atom is 0.220 e. The van der Waals surface area contributed by atoms with Crippen LogP contribution in [0.15, 0.2) is 40.8 Å². The largest absolute Gasteiger partial charge is 0.466 e. The predicted octanol–water partition coefficient (Wildman–Crippen LogP) is 3.07. The number of aliphatic hydroxyl groups excluding tert-OH is 1. The van der Waals surface area contributed by atoms with Gasteiger partial charge in [-0.25, -0.2) is 0 Å². The molecule has 2 aromatic rings. The first-order valence-corrected chi connectivity index (χ1v) is 7.62. The van der Waals surface area contributed by atoms with Crippen molar-refractivity contribution < 1.29 is 14.3 Å². The highest BCUT2D eigenvalue weighted by atomic mass is 16.3. The highest BCUT2D eigenvalue weighted by Gasteiger charge is 2.14. The lowest BCUT2D eigenvalue weighted by molar-refractivity contribution is -0.121. The van der Waals surface area contributed by atoms with E-state index in [1.807, 2.05) is 50.2 Å². The Morgan fingerprint density at radius 2 is 2.00 bits per heavy atom. The third-order valence-electron chi connectivity index (χ3n) is 3.66. The Hall–Kier alpha value is -2.07. The van der Waals surface area contributed by atoms with Crippen LogP contribution in [0.5, 0.6) is 0 Å². The molecular formula is C18H23NO3. The molecule has 4 heteroatoms. The molecule has 1 atom stereocenters. The SMILES string of the molecule is Cc1cc(C(O)CCNC(=O)CCc2ccccc2)c(C)o1. The van der Waals surface area contributed by atoms with Crippen molar-refractivity contribution in [3.63, 3.8) is 0 Å². The lowest BCUT2D eigenvalue weighted by Crippen LogP contribution is -2.25. The van der Waals surface area contributed by atoms with E-state index in [1.54, 1.807) is 0 Å². The van der Waals surface area contributed by atoms with Crippen molar-refractivity contribution >= 4 is 5.91 Å². The van der Waals surface area contributed by atoms with Crippen molar-refractivity contribution in [2.24, 2.45) is 0 Å². The first-order valence-electron chi connectivity index (χ1n) is 7.62. The molecule has 2 rings (SSSR count). The molecule has 1 unspecified atom stereocenters. The summed E-state index contributed by atoms with van der Waals surface area (Å²) in [5, 5.41) is 13.0. The van der Waals surface area contributed by atoms with E-state index >= 15 is 0 Å². The summed E-state index contributed by atoms with van der Waals surface area (Å²) in [7, 11) is 0. The van der Waals surface area contributed by atoms with Gasteiger partial charge in [-0.3, -0.25) is 4.79 Å². The van der Waals surface area contributed by atoms with Crippen LogP contribution in [0.3, 0.4) is 0 Å². The van der Waals surface area contributed by atoms with Gasteiger partial charge in [0, 0.05) is 18.5 Å². The fraction of sp³-hybridized carbons (Fsp3) is 0.389. The average Bonchev–Trinajstić information content (AvgIpc) is 2.85. The Kier molecular flexibility index (Phi) is 5.78. The smallest absolute Gasteiger partial charge is 0.220 e. The molecule has 0 fully saturated rings. The molecule has 0 aliphatic carbocycles. The molecule has 118 valence electrons. The summed E-state index contributed by atoms with van der Waals surface area (Å²) in [6.07, 6.45) is 1.07. The molecule has 2 N–H and O–H groups in total. The van der Waals surface area contributed by atoms with Gasteiger partial charge in [0.2, 0.25) is 5.91 Å². The molecule has 0 bridgehead atoms. The summed E-state index contributed by atoms with van der Waals surface area (Å²) >= 11 is 0. The van der Waals surface area contributed by atoms with Crippen LogP contribution < -0.4 is 5.32 Å². The average molecular weight is 301 g/mol. The van der Waals surface area contributed by atoms with Crippen LogP contribution in [0.4, 0.5) is 0 Å². The summed E-state index contributed by atoms with van der Waals surface area (Å²) in [5.41, 5.74) is 1.96. The monoisotopic (exact) mass is 301 g/mol. The maximum absolute atomic E-state index is 11.8. The minimum atomic E-state index is -0.605. The van der Waals surface area contributed by atoms with Crippen molar-refractivity contribution in [1.29, 1.82) is 0 Å². The number of carbonyl (C=O) groups is 1. The Labute approximate surface area is 131 Å². The van der Waals surface area contributed by atoms with Gasteiger partial charge in [0.05, 0.1) is 6.10 Å². The first kappa shape index (κ1) is 16.3. The number of hydrogen-bond donors (Lipinski definition) is 2. The van der Waals surface area contributed by atoms with Gasteiger partial charge in [-0.05, 0) is 38.3 Å². The number of carbonyl (C=O) groups excluding carboxylic acids is 1. The number of amides is 1. The van der Waals surface area contributed by atoms with Gasteiger partial charge < -0.3 is 14.8 Å². The molecule has 22 heavy (non-hydrogen) atoms. The molecule has 1 aromatic carbocycles. The van der Waals surface area contributed by atoms with Crippen LogP contribution in [0, 0.1) is 13.8 Å². The number of aliphatic hydroxyl groups is 1. The Morgan fingerprint density at radius 1 is 1.27 bits per heavy atom. The zero-order valence-corrected chi connectivity index (χ0v) is 13.1. The second-order valence-electron chi connectivity index (χ2n) is 5.51. The number of hydrogen-bond acceptors (Lipinski definition) is 3. The molecule has 0 aliphatic rings. The summed E-state index contributed by atoms with van der Waals surface area (Å²) in [4.78, 5) is 11.8. The van der Waals surface area contributed by atoms with Crippen LogP contribution in [-0.2, 0) is 11.2 Å². The molecule has 4 nitrogen and oxygen atoms in total. The van der Waals surface area contributed by atoms with Crippen LogP contribution >= 0.6 is 0 Å². The molecule has 1 amide bonds. The zero-order valence-electron chi connectivity index (χ0n) is 13.1. The van der Waals surface area contributed by atoms with Crippen LogP contribution in [0.2, 0.25) is 0 Å². The molecule has 1 heterocycles. The number of benzene rings is 1. The Bertz CT molecular complexity index is 604. The van der Waals surface area contributed by atoms with E-state index in [2.05, 4.69) is 5.32 Å². The van der Waals surface area contributed by atoms with E-state index in [0.29, 0.717) is 19.4 Å². The molecule has 0 spiro atoms. The molecule has 0 radical (unpaired) electrons. The lowest BCUT2D eigenvalue weighted by atomic mass is 10.1. The van der Waals surface area contributed by atoms with E-state index in [1.165, 1.54) is 0 Å². The van der Waals surface area contributed by atoms with Crippen molar-refractivity contribution in [3.05, 3.63) is 59.0 Å². The summed E-state index contributed by atoms with van der Waals surface area (Å²) in [6.45, 7) is 4.15. The number of nitrogens with one attached hydrogen (secondary N) is 1. The first-order chi connectivity index (χ1) is 10.6. The Balaban J connectivity index is 1.69. The van der Waals surface area contributed by atoms with Crippen molar-refractivity contribution in [2.45, 2.75) is 39.2 Å². The molecule has 1 aromatic heterocycles. The number of aryl methyl sites for hydroxylation is 3. The zero-order chi connectivity index (χ0) is 15.9. The van der Waals surface area contributed by atoms with E-state index in [-0.39, 0.29) is 5.91 Å². The van der Waals surface area contributed by atoms with E-state index < -0.39 is 6.10 Å². The van der Waals surface area contributed by atoms with E-state index in [4.69, 9.17) is 4.42 Å². The minimum absolute atomic E-state index is 0.0103. The van der Waals surface area contributed by atoms with Crippen LogP contribution in [0.25, 0.3) is 0 Å². The topological polar surface area (TPSA) is 62.5 Å². The van der Waals surface area contributed by atoms with Gasteiger partial charge in [-0.15, -0.1) is 0 Å². The van der Waals surface area contributed by atoms with Crippen molar-refractivity contribution in [3.8, 4) is 0 Å². The highest BCUT2D eigenvalue weighted by Crippen LogP contribution is 2.23. The van der Waals surface area contributed by atoms with Gasteiger partial charge >= 0.3 is 0 Å². The van der Waals surface area contributed by atoms with Gasteiger partial charge in [0.1, 0.15) is 11.5 Å². The fourth-order valence-corrected chi connectivity index (χ4v) is 2.48. The van der Waals surface area contributed by atoms with E-state index in [9.17, 15) is 9.90 Å². The Morgan fingerprint density at radius 3 is 2.64 bits per heavy atom. The van der Waals surface area contributed by atoms with Crippen molar-refractivity contribution in [1.82, 2.24) is 5.32 Å². The molecule has 0 aliphatic heterocycles. The third kappa shape index (κ3) is 4.74. The molecule has 0 saturated carbocycles. The van der Waals surface area contributed by atoms with Gasteiger partial charge in [0.25, 0.3) is 0 Å². The summed E-state index contributed by atoms with van der Waals surface area (Å²) in [6, 6.07) is 11.8. The van der Waals surface area contributed by atoms with Gasteiger partial charge in [0.15, 0.2) is 0 Å². The summed E-state index contributed by atoms with van der Waals surface area (Å²) < 4.78 is 5.40.